The van der Waals surface area contributed by atoms with Crippen LogP contribution in [0.15, 0.2) is 42.5 Å². The third-order valence-electron chi connectivity index (χ3n) is 2.84. The molecule has 1 N–H and O–H groups in total. The fourth-order valence-electron chi connectivity index (χ4n) is 1.94. The maximum Gasteiger partial charge on any atom is 0.314 e. The number of carboxylic acid groups (broad SMARTS) is 1. The summed E-state index contributed by atoms with van der Waals surface area (Å²) < 4.78 is 0. The molecule has 0 aromatic heterocycles. The fraction of sp³-hybridized carbons (Fsp3) is 0.250. The Morgan fingerprint density at radius 1 is 1.14 bits per heavy atom. The van der Waals surface area contributed by atoms with E-state index in [0.29, 0.717) is 12.8 Å². The molecule has 0 amide bonds. The first-order chi connectivity index (χ1) is 6.76. The summed E-state index contributed by atoms with van der Waals surface area (Å²) in [4.78, 5) is 11.3. The minimum absolute atomic E-state index is 0.604. The van der Waals surface area contributed by atoms with Gasteiger partial charge in [0.2, 0.25) is 0 Å². The van der Waals surface area contributed by atoms with Crippen LogP contribution in [0.1, 0.15) is 18.4 Å². The average molecular weight is 188 g/mol. The molecule has 0 aliphatic heterocycles. The van der Waals surface area contributed by atoms with E-state index >= 15 is 0 Å². The van der Waals surface area contributed by atoms with E-state index in [4.69, 9.17) is 0 Å². The average Bonchev–Trinajstić information content (AvgIpc) is 2.69. The van der Waals surface area contributed by atoms with Gasteiger partial charge in [0, 0.05) is 0 Å². The first-order valence-electron chi connectivity index (χ1n) is 4.70. The molecule has 0 heterocycles. The number of aliphatic carboxylic acids is 1. The van der Waals surface area contributed by atoms with Crippen molar-refractivity contribution >= 4 is 5.97 Å². The molecule has 1 aliphatic rings. The van der Waals surface area contributed by atoms with Gasteiger partial charge in [-0.15, -0.1) is 0 Å². The third kappa shape index (κ3) is 1.23. The summed E-state index contributed by atoms with van der Waals surface area (Å²) in [6, 6.07) is 9.46. The summed E-state index contributed by atoms with van der Waals surface area (Å²) in [5.41, 5.74) is 0.193. The molecular weight excluding hydrogens is 176 g/mol. The van der Waals surface area contributed by atoms with Gasteiger partial charge in [-0.3, -0.25) is 4.79 Å². The number of rotatable bonds is 2. The maximum absolute atomic E-state index is 11.3. The van der Waals surface area contributed by atoms with Crippen molar-refractivity contribution in [2.24, 2.45) is 0 Å². The minimum atomic E-state index is -0.728. The number of carbonyl (C=O) groups is 1. The van der Waals surface area contributed by atoms with Crippen molar-refractivity contribution in [2.45, 2.75) is 18.3 Å². The van der Waals surface area contributed by atoms with Gasteiger partial charge in [-0.2, -0.15) is 0 Å². The maximum atomic E-state index is 11.3. The second kappa shape index (κ2) is 3.29. The second-order valence-electron chi connectivity index (χ2n) is 3.63. The predicted octanol–water partition coefficient (Wildman–Crippen LogP) is 2.36. The summed E-state index contributed by atoms with van der Waals surface area (Å²) in [6.45, 7) is 0. The quantitative estimate of drug-likeness (QED) is 0.723. The first kappa shape index (κ1) is 9.00. The van der Waals surface area contributed by atoms with Crippen LogP contribution in [0.25, 0.3) is 0 Å². The molecule has 0 saturated heterocycles. The summed E-state index contributed by atoms with van der Waals surface area (Å²) in [7, 11) is 0. The number of hydrogen-bond donors (Lipinski definition) is 1. The Bertz CT molecular complexity index is 357. The Labute approximate surface area is 82.9 Å². The number of carboxylic acids is 1. The lowest BCUT2D eigenvalue weighted by molar-refractivity contribution is -0.143. The molecular formula is C12H12O2. The van der Waals surface area contributed by atoms with Gasteiger partial charge in [0.05, 0.1) is 5.41 Å². The lowest BCUT2D eigenvalue weighted by Crippen LogP contribution is -2.32. The van der Waals surface area contributed by atoms with Crippen molar-refractivity contribution < 1.29 is 9.90 Å². The summed E-state index contributed by atoms with van der Waals surface area (Å²) in [5, 5.41) is 9.28. The standard InChI is InChI=1S/C12H12O2/c13-11(14)12(8-4-5-9-12)10-6-2-1-3-7-10/h1-7H,8-9H2,(H,13,14). The Hall–Kier alpha value is -1.57. The van der Waals surface area contributed by atoms with Crippen molar-refractivity contribution in [3.05, 3.63) is 48.0 Å². The van der Waals surface area contributed by atoms with E-state index in [1.807, 2.05) is 42.5 Å². The van der Waals surface area contributed by atoms with Crippen LogP contribution in [0, 0.1) is 0 Å². The zero-order valence-corrected chi connectivity index (χ0v) is 7.81. The van der Waals surface area contributed by atoms with Crippen LogP contribution in [-0.2, 0) is 10.2 Å². The van der Waals surface area contributed by atoms with Gasteiger partial charge >= 0.3 is 5.97 Å². The molecule has 0 saturated carbocycles. The van der Waals surface area contributed by atoms with Crippen molar-refractivity contribution in [3.8, 4) is 0 Å². The van der Waals surface area contributed by atoms with Gasteiger partial charge < -0.3 is 5.11 Å². The van der Waals surface area contributed by atoms with Crippen LogP contribution < -0.4 is 0 Å². The van der Waals surface area contributed by atoms with E-state index in [-0.39, 0.29) is 0 Å². The van der Waals surface area contributed by atoms with E-state index in [1.54, 1.807) is 0 Å². The molecule has 0 bridgehead atoms. The largest absolute Gasteiger partial charge is 0.481 e. The summed E-state index contributed by atoms with van der Waals surface area (Å²) >= 11 is 0. The van der Waals surface area contributed by atoms with Crippen molar-refractivity contribution in [1.82, 2.24) is 0 Å². The van der Waals surface area contributed by atoms with Gasteiger partial charge in [0.15, 0.2) is 0 Å². The molecule has 72 valence electrons. The number of benzene rings is 1. The molecule has 2 rings (SSSR count). The summed E-state index contributed by atoms with van der Waals surface area (Å²) in [5.74, 6) is -0.728. The number of allylic oxidation sites excluding steroid dienone is 2. The highest BCUT2D eigenvalue weighted by atomic mass is 16.4. The van der Waals surface area contributed by atoms with Gasteiger partial charge in [-0.05, 0) is 18.4 Å². The first-order valence-corrected chi connectivity index (χ1v) is 4.70. The minimum Gasteiger partial charge on any atom is -0.481 e. The summed E-state index contributed by atoms with van der Waals surface area (Å²) in [6.07, 6.45) is 5.10. The molecule has 0 unspecified atom stereocenters. The topological polar surface area (TPSA) is 37.3 Å². The normalized spacial score (nSPS) is 18.3. The van der Waals surface area contributed by atoms with Crippen LogP contribution in [0.5, 0.6) is 0 Å². The van der Waals surface area contributed by atoms with Gasteiger partial charge in [0.1, 0.15) is 0 Å². The molecule has 0 atom stereocenters. The van der Waals surface area contributed by atoms with Crippen LogP contribution >= 0.6 is 0 Å². The number of hydrogen-bond acceptors (Lipinski definition) is 1. The van der Waals surface area contributed by atoms with Crippen LogP contribution in [0.2, 0.25) is 0 Å². The van der Waals surface area contributed by atoms with Crippen LogP contribution in [-0.4, -0.2) is 11.1 Å². The highest BCUT2D eigenvalue weighted by molar-refractivity contribution is 5.82. The Balaban J connectivity index is 2.43. The highest BCUT2D eigenvalue weighted by Crippen LogP contribution is 2.37. The van der Waals surface area contributed by atoms with Gasteiger partial charge in [-0.25, -0.2) is 0 Å². The smallest absolute Gasteiger partial charge is 0.314 e. The van der Waals surface area contributed by atoms with Crippen molar-refractivity contribution in [2.75, 3.05) is 0 Å². The van der Waals surface area contributed by atoms with E-state index in [2.05, 4.69) is 0 Å². The lowest BCUT2D eigenvalue weighted by atomic mass is 9.78. The van der Waals surface area contributed by atoms with E-state index in [9.17, 15) is 9.90 Å². The van der Waals surface area contributed by atoms with Gasteiger partial charge in [-0.1, -0.05) is 42.5 Å². The Morgan fingerprint density at radius 3 is 2.21 bits per heavy atom. The zero-order chi connectivity index (χ0) is 10.0. The Morgan fingerprint density at radius 2 is 1.71 bits per heavy atom. The fourth-order valence-corrected chi connectivity index (χ4v) is 1.94. The van der Waals surface area contributed by atoms with Crippen LogP contribution in [0.3, 0.4) is 0 Å². The predicted molar refractivity (Wildman–Crippen MR) is 54.1 cm³/mol. The second-order valence-corrected chi connectivity index (χ2v) is 3.63. The highest BCUT2D eigenvalue weighted by Gasteiger charge is 2.40. The van der Waals surface area contributed by atoms with E-state index in [0.717, 1.165) is 5.56 Å². The molecule has 0 radical (unpaired) electrons. The monoisotopic (exact) mass is 188 g/mol. The molecule has 1 aromatic carbocycles. The lowest BCUT2D eigenvalue weighted by Gasteiger charge is -2.24. The van der Waals surface area contributed by atoms with E-state index in [1.165, 1.54) is 0 Å². The molecule has 14 heavy (non-hydrogen) atoms. The van der Waals surface area contributed by atoms with Crippen molar-refractivity contribution in [1.29, 1.82) is 0 Å². The molecule has 0 spiro atoms. The van der Waals surface area contributed by atoms with Gasteiger partial charge in [0.25, 0.3) is 0 Å². The molecule has 1 aliphatic carbocycles. The molecule has 2 heteroatoms. The molecule has 2 nitrogen and oxygen atoms in total. The van der Waals surface area contributed by atoms with Crippen molar-refractivity contribution in [3.63, 3.8) is 0 Å². The third-order valence-corrected chi connectivity index (χ3v) is 2.84. The van der Waals surface area contributed by atoms with E-state index < -0.39 is 11.4 Å². The molecule has 1 aromatic rings. The Kier molecular flexibility index (Phi) is 2.12. The SMILES string of the molecule is O=C(O)C1(c2ccccc2)CC=CC1. The van der Waals surface area contributed by atoms with Crippen LogP contribution in [0.4, 0.5) is 0 Å². The zero-order valence-electron chi connectivity index (χ0n) is 7.81. The molecule has 0 fully saturated rings.